The largest absolute Gasteiger partial charge is 0.295 e. The molecule has 4 rings (SSSR count). The fraction of sp³-hybridized carbons (Fsp3) is 0.208. The van der Waals surface area contributed by atoms with Gasteiger partial charge in [-0.15, -0.1) is 0 Å². The number of hydrogen-bond donors (Lipinski definition) is 0. The Morgan fingerprint density at radius 2 is 1.57 bits per heavy atom. The standard InChI is InChI=1S/C24H24BrN3/c25-23(17-20-7-2-1-3-8-20)18-26-28-15-13-27(14-16-28)19-22-11-6-10-21-9-4-5-12-24(21)22/h1-12,17-18H,13-16,19H2. The molecule has 142 valence electrons. The number of allylic oxidation sites excluding steroid dienone is 1. The van der Waals surface area contributed by atoms with E-state index in [4.69, 9.17) is 0 Å². The lowest BCUT2D eigenvalue weighted by molar-refractivity contribution is 0.131. The van der Waals surface area contributed by atoms with E-state index in [1.165, 1.54) is 21.9 Å². The van der Waals surface area contributed by atoms with Crippen molar-refractivity contribution in [2.24, 2.45) is 5.10 Å². The molecule has 28 heavy (non-hydrogen) atoms. The van der Waals surface area contributed by atoms with Crippen LogP contribution in [0.3, 0.4) is 0 Å². The van der Waals surface area contributed by atoms with Crippen LogP contribution in [-0.4, -0.2) is 42.3 Å². The molecule has 1 aliphatic rings. The molecule has 0 bridgehead atoms. The molecule has 0 aromatic heterocycles. The lowest BCUT2D eigenvalue weighted by Gasteiger charge is -2.33. The fourth-order valence-corrected chi connectivity index (χ4v) is 3.92. The van der Waals surface area contributed by atoms with Gasteiger partial charge in [0.05, 0.1) is 6.21 Å². The molecule has 0 unspecified atom stereocenters. The summed E-state index contributed by atoms with van der Waals surface area (Å²) in [5, 5.41) is 9.47. The lowest BCUT2D eigenvalue weighted by atomic mass is 10.0. The highest BCUT2D eigenvalue weighted by Gasteiger charge is 2.16. The average Bonchev–Trinajstić information content (AvgIpc) is 2.74. The Kier molecular flexibility index (Phi) is 6.20. The van der Waals surface area contributed by atoms with Gasteiger partial charge in [0.25, 0.3) is 0 Å². The van der Waals surface area contributed by atoms with Crippen molar-refractivity contribution in [1.29, 1.82) is 0 Å². The van der Waals surface area contributed by atoms with E-state index in [0.717, 1.165) is 37.2 Å². The highest BCUT2D eigenvalue weighted by atomic mass is 79.9. The van der Waals surface area contributed by atoms with Crippen LogP contribution in [0.1, 0.15) is 11.1 Å². The van der Waals surface area contributed by atoms with Gasteiger partial charge in [-0.3, -0.25) is 9.91 Å². The normalized spacial score (nSPS) is 16.2. The molecule has 0 saturated carbocycles. The van der Waals surface area contributed by atoms with Crippen molar-refractivity contribution in [2.75, 3.05) is 26.2 Å². The van der Waals surface area contributed by atoms with Gasteiger partial charge in [-0.2, -0.15) is 5.10 Å². The second kappa shape index (κ2) is 9.18. The van der Waals surface area contributed by atoms with Crippen LogP contribution in [-0.2, 0) is 6.54 Å². The summed E-state index contributed by atoms with van der Waals surface area (Å²) >= 11 is 3.60. The van der Waals surface area contributed by atoms with E-state index < -0.39 is 0 Å². The number of benzene rings is 3. The van der Waals surface area contributed by atoms with Crippen LogP contribution in [0.5, 0.6) is 0 Å². The molecule has 0 amide bonds. The first kappa shape index (κ1) is 18.9. The molecule has 0 spiro atoms. The summed E-state index contributed by atoms with van der Waals surface area (Å²) < 4.78 is 0.983. The van der Waals surface area contributed by atoms with Gasteiger partial charge in [-0.1, -0.05) is 72.8 Å². The Morgan fingerprint density at radius 1 is 0.857 bits per heavy atom. The zero-order chi connectivity index (χ0) is 19.2. The molecule has 0 atom stereocenters. The van der Waals surface area contributed by atoms with Crippen LogP contribution in [0, 0.1) is 0 Å². The van der Waals surface area contributed by atoms with E-state index in [1.54, 1.807) is 0 Å². The van der Waals surface area contributed by atoms with Crippen LogP contribution >= 0.6 is 15.9 Å². The van der Waals surface area contributed by atoms with Crippen molar-refractivity contribution >= 4 is 39.0 Å². The summed E-state index contributed by atoms with van der Waals surface area (Å²) in [7, 11) is 0. The monoisotopic (exact) mass is 433 g/mol. The second-order valence-corrected chi connectivity index (χ2v) is 7.97. The van der Waals surface area contributed by atoms with Gasteiger partial charge in [0, 0.05) is 37.2 Å². The van der Waals surface area contributed by atoms with Crippen LogP contribution < -0.4 is 0 Å². The number of hydrazone groups is 1. The van der Waals surface area contributed by atoms with Crippen molar-refractivity contribution in [2.45, 2.75) is 6.54 Å². The molecule has 0 N–H and O–H groups in total. The maximum Gasteiger partial charge on any atom is 0.0612 e. The van der Waals surface area contributed by atoms with Crippen LogP contribution in [0.25, 0.3) is 16.8 Å². The Hall–Kier alpha value is -2.43. The van der Waals surface area contributed by atoms with E-state index in [9.17, 15) is 0 Å². The Balaban J connectivity index is 1.33. The smallest absolute Gasteiger partial charge is 0.0612 e. The molecule has 3 aromatic carbocycles. The predicted octanol–water partition coefficient (Wildman–Crippen LogP) is 5.38. The fourth-order valence-electron chi connectivity index (χ4n) is 3.56. The molecular formula is C24H24BrN3. The molecule has 1 saturated heterocycles. The van der Waals surface area contributed by atoms with Crippen LogP contribution in [0.4, 0.5) is 0 Å². The minimum absolute atomic E-state index is 0.951. The zero-order valence-electron chi connectivity index (χ0n) is 15.8. The highest BCUT2D eigenvalue weighted by molar-refractivity contribution is 9.12. The van der Waals surface area contributed by atoms with E-state index in [1.807, 2.05) is 24.4 Å². The third-order valence-corrected chi connectivity index (χ3v) is 5.50. The molecular weight excluding hydrogens is 410 g/mol. The van der Waals surface area contributed by atoms with Crippen molar-refractivity contribution in [3.63, 3.8) is 0 Å². The summed E-state index contributed by atoms with van der Waals surface area (Å²) in [6.45, 7) is 4.96. The van der Waals surface area contributed by atoms with Crippen molar-refractivity contribution < 1.29 is 0 Å². The first-order valence-corrected chi connectivity index (χ1v) is 10.5. The van der Waals surface area contributed by atoms with Gasteiger partial charge >= 0.3 is 0 Å². The first-order valence-electron chi connectivity index (χ1n) is 9.68. The summed E-state index contributed by atoms with van der Waals surface area (Å²) in [6, 6.07) is 25.5. The zero-order valence-corrected chi connectivity index (χ0v) is 17.4. The van der Waals surface area contributed by atoms with E-state index in [2.05, 4.69) is 91.6 Å². The van der Waals surface area contributed by atoms with E-state index >= 15 is 0 Å². The SMILES string of the molecule is BrC(C=NN1CCN(Cc2cccc3ccccc23)CC1)=Cc1ccccc1. The highest BCUT2D eigenvalue weighted by Crippen LogP contribution is 2.20. The minimum Gasteiger partial charge on any atom is -0.295 e. The quantitative estimate of drug-likeness (QED) is 0.503. The lowest BCUT2D eigenvalue weighted by Crippen LogP contribution is -2.43. The maximum absolute atomic E-state index is 4.64. The number of halogens is 1. The summed E-state index contributed by atoms with van der Waals surface area (Å²) in [4.78, 5) is 2.52. The molecule has 1 fully saturated rings. The topological polar surface area (TPSA) is 18.8 Å². The molecule has 3 nitrogen and oxygen atoms in total. The second-order valence-electron chi connectivity index (χ2n) is 7.05. The van der Waals surface area contributed by atoms with Crippen LogP contribution in [0.15, 0.2) is 82.4 Å². The van der Waals surface area contributed by atoms with Gasteiger partial charge in [0.15, 0.2) is 0 Å². The van der Waals surface area contributed by atoms with Gasteiger partial charge in [0.2, 0.25) is 0 Å². The van der Waals surface area contributed by atoms with Gasteiger partial charge in [-0.05, 0) is 43.9 Å². The van der Waals surface area contributed by atoms with Gasteiger partial charge < -0.3 is 0 Å². The predicted molar refractivity (Wildman–Crippen MR) is 123 cm³/mol. The Labute approximate surface area is 175 Å². The van der Waals surface area contributed by atoms with E-state index in [0.29, 0.717) is 0 Å². The maximum atomic E-state index is 4.64. The average molecular weight is 434 g/mol. The van der Waals surface area contributed by atoms with Gasteiger partial charge in [-0.25, -0.2) is 0 Å². The summed E-state index contributed by atoms with van der Waals surface area (Å²) in [5.41, 5.74) is 2.57. The molecule has 1 heterocycles. The van der Waals surface area contributed by atoms with Gasteiger partial charge in [0.1, 0.15) is 0 Å². The molecule has 4 heteroatoms. The third kappa shape index (κ3) is 4.89. The molecule has 0 radical (unpaired) electrons. The molecule has 0 aliphatic carbocycles. The van der Waals surface area contributed by atoms with Crippen LogP contribution in [0.2, 0.25) is 0 Å². The number of fused-ring (bicyclic) bond motifs is 1. The Morgan fingerprint density at radius 3 is 2.39 bits per heavy atom. The number of hydrogen-bond acceptors (Lipinski definition) is 3. The number of piperazine rings is 1. The van der Waals surface area contributed by atoms with Crippen molar-refractivity contribution in [3.8, 4) is 0 Å². The number of nitrogens with zero attached hydrogens (tertiary/aromatic N) is 3. The molecule has 1 aliphatic heterocycles. The third-order valence-electron chi connectivity index (χ3n) is 5.07. The van der Waals surface area contributed by atoms with Crippen molar-refractivity contribution in [1.82, 2.24) is 9.91 Å². The first-order chi connectivity index (χ1) is 13.8. The minimum atomic E-state index is 0.951. The number of rotatable bonds is 5. The molecule has 3 aromatic rings. The van der Waals surface area contributed by atoms with Crippen molar-refractivity contribution in [3.05, 3.63) is 88.4 Å². The Bertz CT molecular complexity index is 968. The summed E-state index contributed by atoms with van der Waals surface area (Å²) in [5.74, 6) is 0. The summed E-state index contributed by atoms with van der Waals surface area (Å²) in [6.07, 6.45) is 3.98. The van der Waals surface area contributed by atoms with E-state index in [-0.39, 0.29) is 0 Å².